The molecule has 0 unspecified atom stereocenters. The van der Waals surface area contributed by atoms with Crippen molar-refractivity contribution in [2.45, 2.75) is 25.9 Å². The maximum absolute atomic E-state index is 13.7. The second-order valence-electron chi connectivity index (χ2n) is 6.73. The number of methoxy groups -OCH3 is 1. The number of nitrogens with zero attached hydrogens (tertiary/aromatic N) is 4. The summed E-state index contributed by atoms with van der Waals surface area (Å²) in [5, 5.41) is 4.51. The molecule has 0 radical (unpaired) electrons. The third-order valence-electron chi connectivity index (χ3n) is 4.95. The lowest BCUT2D eigenvalue weighted by molar-refractivity contribution is 0.164. The molecule has 2 atom stereocenters. The summed E-state index contributed by atoms with van der Waals surface area (Å²) in [5.41, 5.74) is 1.78. The first-order valence-electron chi connectivity index (χ1n) is 8.89. The smallest absolute Gasteiger partial charge is 0.407 e. The SMILES string of the molecule is COC(=O)N[C@@H](C)[C@H](C)n1cc(Cl)c2cnc(-c3c[nH]c4ncc(F)cc34)nc21. The predicted molar refractivity (Wildman–Crippen MR) is 107 cm³/mol. The molecule has 0 saturated heterocycles. The summed E-state index contributed by atoms with van der Waals surface area (Å²) in [5.74, 6) is -0.0323. The molecule has 0 aliphatic carbocycles. The molecule has 8 nitrogen and oxygen atoms in total. The summed E-state index contributed by atoms with van der Waals surface area (Å²) in [4.78, 5) is 27.7. The molecule has 0 saturated carbocycles. The lowest BCUT2D eigenvalue weighted by Gasteiger charge is -2.22. The number of carbonyl (C=O) groups excluding carboxylic acids is 1. The van der Waals surface area contributed by atoms with Crippen molar-refractivity contribution in [3.63, 3.8) is 0 Å². The van der Waals surface area contributed by atoms with E-state index in [9.17, 15) is 9.18 Å². The molecule has 4 rings (SSSR count). The molecule has 0 aliphatic rings. The van der Waals surface area contributed by atoms with Crippen molar-refractivity contribution in [3.8, 4) is 11.4 Å². The standard InChI is InChI=1S/C19H18ClFN6O2/c1-9(25-19(28)29-3)10(2)27-8-15(20)14-7-24-17(26-18(14)27)13-6-23-16-12(13)4-11(21)5-22-16/h4-10H,1-3H3,(H,22,23)(H,25,28)/t9-,10-/m0/s1. The van der Waals surface area contributed by atoms with Crippen molar-refractivity contribution < 1.29 is 13.9 Å². The van der Waals surface area contributed by atoms with Crippen LogP contribution in [0.5, 0.6) is 0 Å². The maximum atomic E-state index is 13.7. The molecule has 4 aromatic heterocycles. The third-order valence-corrected chi connectivity index (χ3v) is 5.26. The number of hydrogen-bond acceptors (Lipinski definition) is 5. The van der Waals surface area contributed by atoms with Crippen LogP contribution in [-0.4, -0.2) is 43.7 Å². The fourth-order valence-electron chi connectivity index (χ4n) is 3.20. The van der Waals surface area contributed by atoms with Crippen LogP contribution in [0.1, 0.15) is 19.9 Å². The predicted octanol–water partition coefficient (Wildman–Crippen LogP) is 4.07. The molecule has 150 valence electrons. The quantitative estimate of drug-likeness (QED) is 0.522. The average molecular weight is 417 g/mol. The summed E-state index contributed by atoms with van der Waals surface area (Å²) in [6.45, 7) is 3.79. The Morgan fingerprint density at radius 1 is 1.31 bits per heavy atom. The molecule has 0 spiro atoms. The zero-order chi connectivity index (χ0) is 20.7. The van der Waals surface area contributed by atoms with Crippen LogP contribution in [0.15, 0.2) is 30.9 Å². The third kappa shape index (κ3) is 3.38. The van der Waals surface area contributed by atoms with Gasteiger partial charge in [-0.1, -0.05) is 11.6 Å². The highest BCUT2D eigenvalue weighted by molar-refractivity contribution is 6.35. The molecule has 4 aromatic rings. The van der Waals surface area contributed by atoms with E-state index >= 15 is 0 Å². The van der Waals surface area contributed by atoms with E-state index in [4.69, 9.17) is 11.6 Å². The lowest BCUT2D eigenvalue weighted by Crippen LogP contribution is -2.37. The largest absolute Gasteiger partial charge is 0.453 e. The maximum Gasteiger partial charge on any atom is 0.407 e. The van der Waals surface area contributed by atoms with E-state index in [0.29, 0.717) is 38.5 Å². The fraction of sp³-hybridized carbons (Fsp3) is 0.263. The average Bonchev–Trinajstić information content (AvgIpc) is 3.27. The highest BCUT2D eigenvalue weighted by Crippen LogP contribution is 2.31. The number of amides is 1. The minimum absolute atomic E-state index is 0.172. The number of rotatable bonds is 4. The van der Waals surface area contributed by atoms with Crippen LogP contribution in [0, 0.1) is 5.82 Å². The number of fused-ring (bicyclic) bond motifs is 2. The van der Waals surface area contributed by atoms with Crippen LogP contribution in [0.3, 0.4) is 0 Å². The summed E-state index contributed by atoms with van der Waals surface area (Å²) >= 11 is 6.37. The molecule has 10 heteroatoms. The molecule has 1 amide bonds. The van der Waals surface area contributed by atoms with Gasteiger partial charge in [0.15, 0.2) is 5.82 Å². The second kappa shape index (κ2) is 7.32. The number of aromatic amines is 1. The highest BCUT2D eigenvalue weighted by atomic mass is 35.5. The number of pyridine rings is 1. The van der Waals surface area contributed by atoms with Crippen LogP contribution < -0.4 is 5.32 Å². The van der Waals surface area contributed by atoms with Crippen molar-refractivity contribution in [1.29, 1.82) is 0 Å². The minimum atomic E-state index is -0.518. The van der Waals surface area contributed by atoms with Crippen LogP contribution in [0.2, 0.25) is 5.02 Å². The van der Waals surface area contributed by atoms with Gasteiger partial charge in [-0.2, -0.15) is 0 Å². The zero-order valence-corrected chi connectivity index (χ0v) is 16.7. The summed E-state index contributed by atoms with van der Waals surface area (Å²) < 4.78 is 20.2. The van der Waals surface area contributed by atoms with Gasteiger partial charge in [-0.25, -0.2) is 24.1 Å². The topological polar surface area (TPSA) is 97.7 Å². The number of carbonyl (C=O) groups is 1. The van der Waals surface area contributed by atoms with E-state index in [1.165, 1.54) is 13.2 Å². The van der Waals surface area contributed by atoms with Gasteiger partial charge < -0.3 is 19.6 Å². The molecular weight excluding hydrogens is 399 g/mol. The van der Waals surface area contributed by atoms with E-state index < -0.39 is 11.9 Å². The van der Waals surface area contributed by atoms with E-state index in [2.05, 4.69) is 30.0 Å². The Bertz CT molecular complexity index is 1220. The molecule has 0 aromatic carbocycles. The van der Waals surface area contributed by atoms with Gasteiger partial charge in [0.25, 0.3) is 0 Å². The van der Waals surface area contributed by atoms with Crippen molar-refractivity contribution in [1.82, 2.24) is 29.8 Å². The number of halogens is 2. The molecular formula is C19H18ClFN6O2. The van der Waals surface area contributed by atoms with Crippen LogP contribution in [0.4, 0.5) is 9.18 Å². The molecule has 2 N–H and O–H groups in total. The fourth-order valence-corrected chi connectivity index (χ4v) is 3.44. The summed E-state index contributed by atoms with van der Waals surface area (Å²) in [6, 6.07) is 0.964. The van der Waals surface area contributed by atoms with E-state index in [1.54, 1.807) is 18.6 Å². The number of H-pyrrole nitrogens is 1. The number of alkyl carbamates (subject to hydrolysis) is 1. The molecule has 0 bridgehead atoms. The van der Waals surface area contributed by atoms with E-state index in [-0.39, 0.29) is 12.1 Å². The van der Waals surface area contributed by atoms with Gasteiger partial charge in [0.2, 0.25) is 0 Å². The van der Waals surface area contributed by atoms with Gasteiger partial charge in [-0.3, -0.25) is 0 Å². The zero-order valence-electron chi connectivity index (χ0n) is 15.9. The Labute approximate surface area is 170 Å². The lowest BCUT2D eigenvalue weighted by atomic mass is 10.1. The van der Waals surface area contributed by atoms with E-state index in [0.717, 1.165) is 6.20 Å². The van der Waals surface area contributed by atoms with Gasteiger partial charge in [-0.05, 0) is 19.9 Å². The first-order chi connectivity index (χ1) is 13.9. The van der Waals surface area contributed by atoms with Crippen molar-refractivity contribution in [2.24, 2.45) is 0 Å². The number of hydrogen-bond donors (Lipinski definition) is 2. The van der Waals surface area contributed by atoms with Gasteiger partial charge in [-0.15, -0.1) is 0 Å². The Morgan fingerprint density at radius 2 is 2.10 bits per heavy atom. The van der Waals surface area contributed by atoms with Crippen LogP contribution >= 0.6 is 11.6 Å². The molecule has 0 fully saturated rings. The van der Waals surface area contributed by atoms with Crippen LogP contribution in [0.25, 0.3) is 33.5 Å². The second-order valence-corrected chi connectivity index (χ2v) is 7.14. The van der Waals surface area contributed by atoms with Crippen LogP contribution in [-0.2, 0) is 4.74 Å². The Morgan fingerprint density at radius 3 is 2.86 bits per heavy atom. The number of ether oxygens (including phenoxy) is 1. The van der Waals surface area contributed by atoms with Gasteiger partial charge in [0, 0.05) is 35.6 Å². The first-order valence-corrected chi connectivity index (χ1v) is 9.27. The van der Waals surface area contributed by atoms with Crippen molar-refractivity contribution in [3.05, 3.63) is 41.7 Å². The Kier molecular flexibility index (Phi) is 4.83. The number of aromatic nitrogens is 5. The van der Waals surface area contributed by atoms with Gasteiger partial charge >= 0.3 is 6.09 Å². The Hall–Kier alpha value is -3.20. The van der Waals surface area contributed by atoms with E-state index in [1.807, 2.05) is 18.4 Å². The number of nitrogens with one attached hydrogen (secondary N) is 2. The molecule has 29 heavy (non-hydrogen) atoms. The minimum Gasteiger partial charge on any atom is -0.453 e. The van der Waals surface area contributed by atoms with Gasteiger partial charge in [0.1, 0.15) is 17.1 Å². The van der Waals surface area contributed by atoms with Crippen molar-refractivity contribution >= 4 is 39.8 Å². The monoisotopic (exact) mass is 416 g/mol. The Balaban J connectivity index is 1.80. The highest BCUT2D eigenvalue weighted by Gasteiger charge is 2.21. The first kappa shape index (κ1) is 19.1. The van der Waals surface area contributed by atoms with Gasteiger partial charge in [0.05, 0.1) is 29.8 Å². The summed E-state index contributed by atoms with van der Waals surface area (Å²) in [6.07, 6.45) is 5.71. The van der Waals surface area contributed by atoms with Crippen molar-refractivity contribution in [2.75, 3.05) is 7.11 Å². The summed E-state index contributed by atoms with van der Waals surface area (Å²) in [7, 11) is 1.31. The molecule has 4 heterocycles. The molecule has 0 aliphatic heterocycles. The normalized spacial score (nSPS) is 13.6.